The van der Waals surface area contributed by atoms with Gasteiger partial charge < -0.3 is 10.1 Å². The number of benzene rings is 1. The molecular weight excluding hydrogens is 422 g/mol. The molecule has 0 radical (unpaired) electrons. The van der Waals surface area contributed by atoms with Crippen molar-refractivity contribution >= 4 is 27.8 Å². The van der Waals surface area contributed by atoms with Crippen LogP contribution in [-0.4, -0.2) is 44.3 Å². The number of amides is 2. The normalized spacial score (nSPS) is 14.5. The molecule has 31 heavy (non-hydrogen) atoms. The average molecular weight is 445 g/mol. The summed E-state index contributed by atoms with van der Waals surface area (Å²) in [5, 5.41) is 2.97. The molecule has 1 fully saturated rings. The molecule has 9 nitrogen and oxygen atoms in total. The van der Waals surface area contributed by atoms with Crippen LogP contribution in [-0.2, 0) is 14.8 Å². The van der Waals surface area contributed by atoms with Gasteiger partial charge in [0.05, 0.1) is 17.6 Å². The molecule has 0 aliphatic heterocycles. The van der Waals surface area contributed by atoms with E-state index in [-0.39, 0.29) is 28.1 Å². The van der Waals surface area contributed by atoms with Gasteiger partial charge in [0.2, 0.25) is 0 Å². The van der Waals surface area contributed by atoms with Gasteiger partial charge in [0.25, 0.3) is 21.8 Å². The first kappa shape index (κ1) is 22.4. The number of hydrogen-bond donors (Lipinski definition) is 2. The van der Waals surface area contributed by atoms with E-state index in [1.165, 1.54) is 49.9 Å². The van der Waals surface area contributed by atoms with E-state index in [0.717, 1.165) is 31.9 Å². The Bertz CT molecular complexity index is 1060. The molecule has 2 amide bonds. The highest BCUT2D eigenvalue weighted by molar-refractivity contribution is 7.90. The second kappa shape index (κ2) is 9.69. The van der Waals surface area contributed by atoms with E-state index in [9.17, 15) is 22.8 Å². The minimum atomic E-state index is -4.16. The number of rotatable bonds is 6. The number of pyridine rings is 1. The molecule has 3 rings (SSSR count). The number of methoxy groups -OCH3 is 1. The third-order valence-corrected chi connectivity index (χ3v) is 6.36. The Morgan fingerprint density at radius 3 is 2.16 bits per heavy atom. The smallest absolute Gasteiger partial charge is 0.356 e. The summed E-state index contributed by atoms with van der Waals surface area (Å²) >= 11 is 0. The third kappa shape index (κ3) is 5.66. The number of esters is 1. The molecule has 0 bridgehead atoms. The zero-order valence-corrected chi connectivity index (χ0v) is 17.8. The zero-order chi connectivity index (χ0) is 22.4. The summed E-state index contributed by atoms with van der Waals surface area (Å²) < 4.78 is 31.5. The largest absolute Gasteiger partial charge is 0.464 e. The Kier molecular flexibility index (Phi) is 7.01. The summed E-state index contributed by atoms with van der Waals surface area (Å²) in [4.78, 5) is 39.6. The summed E-state index contributed by atoms with van der Waals surface area (Å²) in [5.41, 5.74) is 0.294. The number of carbonyl (C=O) groups is 3. The minimum absolute atomic E-state index is 0.0102. The van der Waals surface area contributed by atoms with Gasteiger partial charge >= 0.3 is 5.97 Å². The van der Waals surface area contributed by atoms with Crippen LogP contribution < -0.4 is 10.0 Å². The second-order valence-electron chi connectivity index (χ2n) is 7.19. The van der Waals surface area contributed by atoms with E-state index in [2.05, 4.69) is 15.0 Å². The van der Waals surface area contributed by atoms with E-state index in [0.29, 0.717) is 5.56 Å². The molecule has 1 heterocycles. The van der Waals surface area contributed by atoms with Crippen molar-refractivity contribution in [2.75, 3.05) is 7.11 Å². The van der Waals surface area contributed by atoms with E-state index < -0.39 is 21.9 Å². The fourth-order valence-corrected chi connectivity index (χ4v) is 4.27. The topological polar surface area (TPSA) is 132 Å². The van der Waals surface area contributed by atoms with Gasteiger partial charge in [0.1, 0.15) is 5.69 Å². The highest BCUT2D eigenvalue weighted by Crippen LogP contribution is 2.18. The zero-order valence-electron chi connectivity index (χ0n) is 17.0. The van der Waals surface area contributed by atoms with Crippen molar-refractivity contribution in [3.05, 3.63) is 59.4 Å². The molecular formula is C21H23N3O6S. The number of nitrogens with one attached hydrogen (secondary N) is 2. The number of nitrogens with zero attached hydrogens (tertiary/aromatic N) is 1. The average Bonchev–Trinajstić information content (AvgIpc) is 2.79. The Labute approximate surface area is 180 Å². The molecule has 2 aromatic rings. The molecule has 0 spiro atoms. The predicted molar refractivity (Wildman–Crippen MR) is 111 cm³/mol. The molecule has 1 aromatic carbocycles. The molecule has 0 atom stereocenters. The second-order valence-corrected chi connectivity index (χ2v) is 8.87. The quantitative estimate of drug-likeness (QED) is 0.651. The van der Waals surface area contributed by atoms with E-state index in [1.807, 2.05) is 4.72 Å². The lowest BCUT2D eigenvalue weighted by molar-refractivity contribution is 0.0593. The van der Waals surface area contributed by atoms with Crippen LogP contribution >= 0.6 is 0 Å². The highest BCUT2D eigenvalue weighted by atomic mass is 32.2. The lowest BCUT2D eigenvalue weighted by Gasteiger charge is -2.22. The summed E-state index contributed by atoms with van der Waals surface area (Å²) in [7, 11) is -2.96. The summed E-state index contributed by atoms with van der Waals surface area (Å²) in [6.07, 6.45) is 6.32. The van der Waals surface area contributed by atoms with Crippen molar-refractivity contribution in [2.45, 2.75) is 43.0 Å². The van der Waals surface area contributed by atoms with Gasteiger partial charge in [-0.25, -0.2) is 22.9 Å². The van der Waals surface area contributed by atoms with E-state index >= 15 is 0 Å². The van der Waals surface area contributed by atoms with Crippen molar-refractivity contribution < 1.29 is 27.5 Å². The maximum atomic E-state index is 12.5. The molecule has 1 aliphatic rings. The first-order valence-electron chi connectivity index (χ1n) is 9.82. The van der Waals surface area contributed by atoms with Crippen LogP contribution in [0.3, 0.4) is 0 Å². The van der Waals surface area contributed by atoms with Gasteiger partial charge in [-0.3, -0.25) is 9.59 Å². The lowest BCUT2D eigenvalue weighted by atomic mass is 9.95. The van der Waals surface area contributed by atoms with Crippen molar-refractivity contribution in [3.63, 3.8) is 0 Å². The Balaban J connectivity index is 1.65. The van der Waals surface area contributed by atoms with Gasteiger partial charge in [-0.05, 0) is 49.2 Å². The molecule has 0 saturated heterocycles. The monoisotopic (exact) mass is 445 g/mol. The van der Waals surface area contributed by atoms with Crippen LogP contribution in [0.2, 0.25) is 0 Å². The van der Waals surface area contributed by atoms with Crippen LogP contribution in [0.15, 0.2) is 47.5 Å². The number of carbonyl (C=O) groups excluding carboxylic acids is 3. The molecule has 0 unspecified atom stereocenters. The third-order valence-electron chi connectivity index (χ3n) is 5.01. The van der Waals surface area contributed by atoms with Crippen molar-refractivity contribution in [1.29, 1.82) is 0 Å². The Hall–Kier alpha value is -3.27. The molecule has 164 valence electrons. The fourth-order valence-electron chi connectivity index (χ4n) is 3.29. The number of aromatic nitrogens is 1. The number of sulfonamides is 1. The molecule has 1 aromatic heterocycles. The van der Waals surface area contributed by atoms with Gasteiger partial charge in [-0.15, -0.1) is 0 Å². The van der Waals surface area contributed by atoms with Crippen molar-refractivity contribution in [2.24, 2.45) is 0 Å². The standard InChI is InChI=1S/C21H23N3O6S/c1-30-21(27)18-12-9-15(13-22-18)20(26)24-31(28,29)17-10-7-14(8-11-17)19(25)23-16-5-3-2-4-6-16/h7-13,16H,2-6H2,1H3,(H,23,25)(H,24,26). The van der Waals surface area contributed by atoms with Crippen LogP contribution in [0.5, 0.6) is 0 Å². The van der Waals surface area contributed by atoms with Gasteiger partial charge in [0.15, 0.2) is 0 Å². The van der Waals surface area contributed by atoms with Crippen LogP contribution in [0.4, 0.5) is 0 Å². The summed E-state index contributed by atoms with van der Waals surface area (Å²) in [5.74, 6) is -1.83. The van der Waals surface area contributed by atoms with Crippen molar-refractivity contribution in [3.8, 4) is 0 Å². The first-order chi connectivity index (χ1) is 14.8. The number of hydrogen-bond acceptors (Lipinski definition) is 7. The van der Waals surface area contributed by atoms with Crippen LogP contribution in [0.25, 0.3) is 0 Å². The Morgan fingerprint density at radius 2 is 1.58 bits per heavy atom. The predicted octanol–water partition coefficient (Wildman–Crippen LogP) is 2.05. The summed E-state index contributed by atoms with van der Waals surface area (Å²) in [6, 6.07) is 8.01. The molecule has 2 N–H and O–H groups in total. The van der Waals surface area contributed by atoms with E-state index in [1.54, 1.807) is 0 Å². The maximum absolute atomic E-state index is 12.5. The molecule has 1 saturated carbocycles. The van der Waals surface area contributed by atoms with Crippen molar-refractivity contribution in [1.82, 2.24) is 15.0 Å². The summed E-state index contributed by atoms with van der Waals surface area (Å²) in [6.45, 7) is 0. The molecule has 1 aliphatic carbocycles. The molecule has 10 heteroatoms. The lowest BCUT2D eigenvalue weighted by Crippen LogP contribution is -2.36. The van der Waals surface area contributed by atoms with E-state index in [4.69, 9.17) is 0 Å². The number of ether oxygens (including phenoxy) is 1. The maximum Gasteiger partial charge on any atom is 0.356 e. The Morgan fingerprint density at radius 1 is 0.935 bits per heavy atom. The van der Waals surface area contributed by atoms with Crippen LogP contribution in [0.1, 0.15) is 63.3 Å². The van der Waals surface area contributed by atoms with Gasteiger partial charge in [0, 0.05) is 17.8 Å². The highest BCUT2D eigenvalue weighted by Gasteiger charge is 2.21. The minimum Gasteiger partial charge on any atom is -0.464 e. The van der Waals surface area contributed by atoms with Crippen LogP contribution in [0, 0.1) is 0 Å². The fraction of sp³-hybridized carbons (Fsp3) is 0.333. The van der Waals surface area contributed by atoms with Gasteiger partial charge in [-0.1, -0.05) is 19.3 Å². The SMILES string of the molecule is COC(=O)c1ccc(C(=O)NS(=O)(=O)c2ccc(C(=O)NC3CCCCC3)cc2)cn1. The van der Waals surface area contributed by atoms with Gasteiger partial charge in [-0.2, -0.15) is 0 Å². The first-order valence-corrected chi connectivity index (χ1v) is 11.3.